The fourth-order valence-electron chi connectivity index (χ4n) is 2.59. The first-order valence-corrected chi connectivity index (χ1v) is 7.96. The van der Waals surface area contributed by atoms with E-state index in [1.807, 2.05) is 11.8 Å². The van der Waals surface area contributed by atoms with Crippen LogP contribution >= 0.6 is 0 Å². The highest BCUT2D eigenvalue weighted by Gasteiger charge is 2.46. The van der Waals surface area contributed by atoms with Crippen LogP contribution in [0.4, 0.5) is 0 Å². The Labute approximate surface area is 124 Å². The topological polar surface area (TPSA) is 41.6 Å². The van der Waals surface area contributed by atoms with Gasteiger partial charge in [0.05, 0.1) is 18.3 Å². The zero-order valence-corrected chi connectivity index (χ0v) is 14.0. The number of nitrogens with one attached hydrogen (secondary N) is 1. The van der Waals surface area contributed by atoms with Crippen LogP contribution in [0.3, 0.4) is 0 Å². The fraction of sp³-hybridized carbons (Fsp3) is 0.938. The van der Waals surface area contributed by atoms with E-state index in [0.29, 0.717) is 25.0 Å². The minimum absolute atomic E-state index is 0.148. The molecule has 1 rings (SSSR count). The maximum absolute atomic E-state index is 12.6. The molecule has 20 heavy (non-hydrogen) atoms. The lowest BCUT2D eigenvalue weighted by Crippen LogP contribution is -2.44. The summed E-state index contributed by atoms with van der Waals surface area (Å²) < 4.78 is 5.64. The van der Waals surface area contributed by atoms with Gasteiger partial charge in [-0.3, -0.25) is 10.1 Å². The van der Waals surface area contributed by atoms with Crippen molar-refractivity contribution in [2.24, 2.45) is 11.8 Å². The van der Waals surface area contributed by atoms with Gasteiger partial charge in [0.25, 0.3) is 0 Å². The second-order valence-electron chi connectivity index (χ2n) is 6.94. The second kappa shape index (κ2) is 7.41. The SMILES string of the molecule is CCC1(C)NC(CC(C)C)N(CCOCC(C)C)C1=O. The molecule has 0 saturated carbocycles. The number of ether oxygens (including phenoxy) is 1. The number of nitrogens with zero attached hydrogens (tertiary/aromatic N) is 1. The van der Waals surface area contributed by atoms with Crippen molar-refractivity contribution in [1.29, 1.82) is 0 Å². The molecule has 0 aromatic rings. The van der Waals surface area contributed by atoms with Gasteiger partial charge in [-0.2, -0.15) is 0 Å². The summed E-state index contributed by atoms with van der Waals surface area (Å²) >= 11 is 0. The summed E-state index contributed by atoms with van der Waals surface area (Å²) in [4.78, 5) is 14.6. The molecule has 0 radical (unpaired) electrons. The van der Waals surface area contributed by atoms with Gasteiger partial charge in [0.1, 0.15) is 0 Å². The quantitative estimate of drug-likeness (QED) is 0.697. The van der Waals surface area contributed by atoms with Crippen molar-refractivity contribution in [2.45, 2.75) is 66.1 Å². The van der Waals surface area contributed by atoms with Crippen LogP contribution in [0, 0.1) is 11.8 Å². The van der Waals surface area contributed by atoms with Crippen molar-refractivity contribution < 1.29 is 9.53 Å². The Bertz CT molecular complexity index is 318. The Morgan fingerprint density at radius 1 is 1.30 bits per heavy atom. The third kappa shape index (κ3) is 4.45. The van der Waals surface area contributed by atoms with Gasteiger partial charge in [-0.05, 0) is 31.6 Å². The minimum Gasteiger partial charge on any atom is -0.379 e. The van der Waals surface area contributed by atoms with Crippen LogP contribution in [-0.2, 0) is 9.53 Å². The number of amides is 1. The fourth-order valence-corrected chi connectivity index (χ4v) is 2.59. The van der Waals surface area contributed by atoms with Crippen LogP contribution in [0.15, 0.2) is 0 Å². The molecule has 4 nitrogen and oxygen atoms in total. The van der Waals surface area contributed by atoms with Crippen LogP contribution < -0.4 is 5.32 Å². The molecule has 1 amide bonds. The maximum Gasteiger partial charge on any atom is 0.243 e. The van der Waals surface area contributed by atoms with E-state index in [-0.39, 0.29) is 12.1 Å². The molecule has 0 bridgehead atoms. The number of carbonyl (C=O) groups is 1. The van der Waals surface area contributed by atoms with Gasteiger partial charge in [-0.15, -0.1) is 0 Å². The van der Waals surface area contributed by atoms with E-state index >= 15 is 0 Å². The van der Waals surface area contributed by atoms with Crippen molar-refractivity contribution in [1.82, 2.24) is 10.2 Å². The summed E-state index contributed by atoms with van der Waals surface area (Å²) in [6.45, 7) is 14.8. The smallest absolute Gasteiger partial charge is 0.243 e. The van der Waals surface area contributed by atoms with Crippen molar-refractivity contribution >= 4 is 5.91 Å². The largest absolute Gasteiger partial charge is 0.379 e. The molecule has 1 fully saturated rings. The van der Waals surface area contributed by atoms with Gasteiger partial charge in [-0.25, -0.2) is 0 Å². The molecule has 0 aromatic heterocycles. The molecule has 1 N–H and O–H groups in total. The molecule has 1 saturated heterocycles. The van der Waals surface area contributed by atoms with E-state index in [4.69, 9.17) is 4.74 Å². The van der Waals surface area contributed by atoms with E-state index < -0.39 is 5.54 Å². The first-order valence-electron chi connectivity index (χ1n) is 7.96. The first-order chi connectivity index (χ1) is 9.30. The first kappa shape index (κ1) is 17.4. The van der Waals surface area contributed by atoms with E-state index in [1.54, 1.807) is 0 Å². The molecule has 0 aliphatic carbocycles. The van der Waals surface area contributed by atoms with Crippen molar-refractivity contribution in [3.63, 3.8) is 0 Å². The van der Waals surface area contributed by atoms with Gasteiger partial charge in [0.15, 0.2) is 0 Å². The molecule has 0 aromatic carbocycles. The molecule has 0 spiro atoms. The van der Waals surface area contributed by atoms with Crippen LogP contribution in [0.25, 0.3) is 0 Å². The normalized spacial score (nSPS) is 27.1. The Hall–Kier alpha value is -0.610. The van der Waals surface area contributed by atoms with Crippen LogP contribution in [-0.4, -0.2) is 42.3 Å². The van der Waals surface area contributed by atoms with E-state index in [0.717, 1.165) is 19.4 Å². The zero-order chi connectivity index (χ0) is 15.3. The molecule has 2 atom stereocenters. The Balaban J connectivity index is 2.60. The zero-order valence-electron chi connectivity index (χ0n) is 14.0. The highest BCUT2D eigenvalue weighted by atomic mass is 16.5. The molecule has 2 unspecified atom stereocenters. The summed E-state index contributed by atoms with van der Waals surface area (Å²) in [6, 6.07) is 0. The van der Waals surface area contributed by atoms with E-state index in [2.05, 4.69) is 39.9 Å². The summed E-state index contributed by atoms with van der Waals surface area (Å²) in [7, 11) is 0. The maximum atomic E-state index is 12.6. The average Bonchev–Trinajstić information content (AvgIpc) is 2.58. The van der Waals surface area contributed by atoms with Gasteiger partial charge in [0.2, 0.25) is 5.91 Å². The van der Waals surface area contributed by atoms with E-state index in [1.165, 1.54) is 0 Å². The molecule has 1 aliphatic heterocycles. The monoisotopic (exact) mass is 284 g/mol. The number of carbonyl (C=O) groups excluding carboxylic acids is 1. The van der Waals surface area contributed by atoms with Crippen molar-refractivity contribution in [3.8, 4) is 0 Å². The molecule has 1 heterocycles. The third-order valence-electron chi connectivity index (χ3n) is 3.92. The van der Waals surface area contributed by atoms with Gasteiger partial charge >= 0.3 is 0 Å². The standard InChI is InChI=1S/C16H32N2O2/c1-7-16(6)15(19)18(8-9-20-11-13(4)5)14(17-16)10-12(2)3/h12-14,17H,7-11H2,1-6H3. The lowest BCUT2D eigenvalue weighted by Gasteiger charge is -2.25. The highest BCUT2D eigenvalue weighted by Crippen LogP contribution is 2.26. The molecular formula is C16H32N2O2. The van der Waals surface area contributed by atoms with Gasteiger partial charge in [-0.1, -0.05) is 34.6 Å². The summed E-state index contributed by atoms with van der Waals surface area (Å²) in [5.74, 6) is 1.33. The van der Waals surface area contributed by atoms with Gasteiger partial charge in [0, 0.05) is 13.2 Å². The Morgan fingerprint density at radius 3 is 2.45 bits per heavy atom. The Kier molecular flexibility index (Phi) is 6.46. The predicted octanol–water partition coefficient (Wildman–Crippen LogP) is 2.63. The predicted molar refractivity (Wildman–Crippen MR) is 82.4 cm³/mol. The second-order valence-corrected chi connectivity index (χ2v) is 6.94. The summed E-state index contributed by atoms with van der Waals surface area (Å²) in [5.41, 5.74) is -0.405. The van der Waals surface area contributed by atoms with Crippen LogP contribution in [0.5, 0.6) is 0 Å². The number of hydrogen-bond acceptors (Lipinski definition) is 3. The molecule has 4 heteroatoms. The molecule has 1 aliphatic rings. The Morgan fingerprint density at radius 2 is 1.95 bits per heavy atom. The van der Waals surface area contributed by atoms with Crippen molar-refractivity contribution in [2.75, 3.05) is 19.8 Å². The molecule has 118 valence electrons. The van der Waals surface area contributed by atoms with Crippen molar-refractivity contribution in [3.05, 3.63) is 0 Å². The summed E-state index contributed by atoms with van der Waals surface area (Å²) in [6.07, 6.45) is 1.96. The van der Waals surface area contributed by atoms with Gasteiger partial charge < -0.3 is 9.64 Å². The van der Waals surface area contributed by atoms with E-state index in [9.17, 15) is 4.79 Å². The number of hydrogen-bond donors (Lipinski definition) is 1. The lowest BCUT2D eigenvalue weighted by atomic mass is 9.99. The summed E-state index contributed by atoms with van der Waals surface area (Å²) in [5, 5.41) is 3.52. The number of rotatable bonds is 8. The third-order valence-corrected chi connectivity index (χ3v) is 3.92. The molecular weight excluding hydrogens is 252 g/mol. The average molecular weight is 284 g/mol. The minimum atomic E-state index is -0.405. The lowest BCUT2D eigenvalue weighted by molar-refractivity contribution is -0.133. The van der Waals surface area contributed by atoms with Crippen LogP contribution in [0.1, 0.15) is 54.4 Å². The van der Waals surface area contributed by atoms with Crippen LogP contribution in [0.2, 0.25) is 0 Å². The highest BCUT2D eigenvalue weighted by molar-refractivity contribution is 5.88.